The van der Waals surface area contributed by atoms with E-state index in [1.54, 1.807) is 10.6 Å². The second kappa shape index (κ2) is 7.90. The Kier molecular flexibility index (Phi) is 4.97. The second-order valence-electron chi connectivity index (χ2n) is 6.37. The number of aromatic hydroxyl groups is 1. The number of nitrogens with zero attached hydrogens (tertiary/aromatic N) is 5. The van der Waals surface area contributed by atoms with E-state index in [0.717, 1.165) is 23.9 Å². The fourth-order valence-electron chi connectivity index (χ4n) is 2.95. The van der Waals surface area contributed by atoms with Gasteiger partial charge in [0.2, 0.25) is 11.5 Å². The average Bonchev–Trinajstić information content (AvgIpc) is 3.32. The number of nitro benzene ring substituents is 1. The van der Waals surface area contributed by atoms with Gasteiger partial charge in [0.05, 0.1) is 11.1 Å². The molecule has 0 saturated carbocycles. The standard InChI is InChI=1S/C18H14N8O5/c19-17-16(23-31-24-17)18-21-12-3-1-2-4-13(12)25(18)9-15(28)22-20-8-10-7-11(26(29)30)5-6-14(10)27/h1-8H,9H2,(H4,19,20,21,22,23,24,27,28)/p+1. The largest absolute Gasteiger partial charge is 0.507 e. The monoisotopic (exact) mass is 423 g/mol. The van der Waals surface area contributed by atoms with E-state index >= 15 is 0 Å². The number of nitro groups is 1. The van der Waals surface area contributed by atoms with E-state index in [2.05, 4.69) is 30.5 Å². The number of H-pyrrole nitrogens is 1. The first-order valence-corrected chi connectivity index (χ1v) is 8.82. The van der Waals surface area contributed by atoms with Gasteiger partial charge in [0.25, 0.3) is 11.6 Å². The number of benzene rings is 2. The molecule has 13 nitrogen and oxygen atoms in total. The molecule has 0 atom stereocenters. The van der Waals surface area contributed by atoms with Crippen LogP contribution >= 0.6 is 0 Å². The van der Waals surface area contributed by atoms with Crippen LogP contribution in [0.25, 0.3) is 22.6 Å². The van der Waals surface area contributed by atoms with Gasteiger partial charge in [-0.2, -0.15) is 5.10 Å². The maximum Gasteiger partial charge on any atom is 0.314 e. The van der Waals surface area contributed by atoms with E-state index in [0.29, 0.717) is 11.3 Å². The Morgan fingerprint density at radius 2 is 2.16 bits per heavy atom. The fraction of sp³-hybridized carbons (Fsp3) is 0.0556. The van der Waals surface area contributed by atoms with Gasteiger partial charge in [0, 0.05) is 17.7 Å². The van der Waals surface area contributed by atoms with E-state index < -0.39 is 10.8 Å². The molecule has 0 fully saturated rings. The number of aromatic nitrogens is 4. The quantitative estimate of drug-likeness (QED) is 0.152. The number of phenolic OH excluding ortho intramolecular Hbond substituents is 1. The van der Waals surface area contributed by atoms with Gasteiger partial charge in [-0.1, -0.05) is 12.1 Å². The third-order valence-electron chi connectivity index (χ3n) is 4.37. The number of nitrogens with two attached hydrogens (primary N) is 1. The first-order chi connectivity index (χ1) is 14.9. The predicted octanol–water partition coefficient (Wildman–Crippen LogP) is 0.852. The van der Waals surface area contributed by atoms with Gasteiger partial charge in [-0.3, -0.25) is 14.9 Å². The number of non-ortho nitro benzene ring substituents is 1. The summed E-state index contributed by atoms with van der Waals surface area (Å²) in [5.41, 5.74) is 9.65. The molecule has 0 aliphatic carbocycles. The number of para-hydroxylation sites is 2. The summed E-state index contributed by atoms with van der Waals surface area (Å²) in [6, 6.07) is 10.7. The minimum absolute atomic E-state index is 0.0554. The van der Waals surface area contributed by atoms with Gasteiger partial charge in [0.15, 0.2) is 17.6 Å². The van der Waals surface area contributed by atoms with Crippen molar-refractivity contribution in [2.75, 3.05) is 5.73 Å². The van der Waals surface area contributed by atoms with Crippen LogP contribution in [0.4, 0.5) is 11.5 Å². The SMILES string of the molecule is Nc1nonc1-c1[nH]c2ccccc2[n+]1CC(=O)NN=Cc1cc([N+](=O)[O-])ccc1O. The van der Waals surface area contributed by atoms with Crippen LogP contribution in [-0.2, 0) is 11.3 Å². The van der Waals surface area contributed by atoms with E-state index in [1.165, 1.54) is 6.07 Å². The number of phenols is 1. The number of hydrazone groups is 1. The van der Waals surface area contributed by atoms with Gasteiger partial charge in [-0.05, 0) is 28.5 Å². The molecule has 4 rings (SSSR count). The maximum absolute atomic E-state index is 12.5. The Morgan fingerprint density at radius 1 is 1.35 bits per heavy atom. The fourth-order valence-corrected chi connectivity index (χ4v) is 2.95. The average molecular weight is 423 g/mol. The van der Waals surface area contributed by atoms with Crippen LogP contribution in [0.2, 0.25) is 0 Å². The van der Waals surface area contributed by atoms with Gasteiger partial charge in [-0.15, -0.1) is 0 Å². The van der Waals surface area contributed by atoms with E-state index in [4.69, 9.17) is 5.73 Å². The molecule has 156 valence electrons. The molecule has 0 bridgehead atoms. The first kappa shape index (κ1) is 19.5. The van der Waals surface area contributed by atoms with Crippen LogP contribution in [0.15, 0.2) is 52.2 Å². The highest BCUT2D eigenvalue weighted by molar-refractivity contribution is 5.86. The molecule has 0 aliphatic rings. The number of nitrogens with one attached hydrogen (secondary N) is 2. The lowest BCUT2D eigenvalue weighted by Gasteiger charge is -2.01. The highest BCUT2D eigenvalue weighted by atomic mass is 16.6. The van der Waals surface area contributed by atoms with Crippen LogP contribution in [0.3, 0.4) is 0 Å². The van der Waals surface area contributed by atoms with Gasteiger partial charge in [-0.25, -0.2) is 19.6 Å². The highest BCUT2D eigenvalue weighted by Crippen LogP contribution is 2.22. The number of nitrogen functional groups attached to an aromatic ring is 1. The van der Waals surface area contributed by atoms with Crippen molar-refractivity contribution >= 4 is 34.7 Å². The summed E-state index contributed by atoms with van der Waals surface area (Å²) in [6.45, 7) is -0.163. The number of carbonyl (C=O) groups is 1. The Morgan fingerprint density at radius 3 is 2.90 bits per heavy atom. The first-order valence-electron chi connectivity index (χ1n) is 8.82. The number of imidazole rings is 1. The molecular formula is C18H15N8O5+. The predicted molar refractivity (Wildman–Crippen MR) is 107 cm³/mol. The normalized spacial score (nSPS) is 11.2. The van der Waals surface area contributed by atoms with Crippen molar-refractivity contribution in [1.29, 1.82) is 0 Å². The molecule has 0 unspecified atom stereocenters. The zero-order valence-corrected chi connectivity index (χ0v) is 15.7. The Balaban J connectivity index is 1.57. The summed E-state index contributed by atoms with van der Waals surface area (Å²) >= 11 is 0. The van der Waals surface area contributed by atoms with E-state index in [9.17, 15) is 20.0 Å². The molecule has 2 aromatic carbocycles. The minimum Gasteiger partial charge on any atom is -0.507 e. The van der Waals surface area contributed by atoms with Crippen LogP contribution < -0.4 is 15.7 Å². The van der Waals surface area contributed by atoms with Crippen molar-refractivity contribution < 1.29 is 24.0 Å². The van der Waals surface area contributed by atoms with E-state index in [1.807, 2.05) is 18.2 Å². The maximum atomic E-state index is 12.5. The third kappa shape index (κ3) is 3.87. The second-order valence-corrected chi connectivity index (χ2v) is 6.37. The molecule has 4 aromatic rings. The van der Waals surface area contributed by atoms with Crippen molar-refractivity contribution in [2.24, 2.45) is 5.10 Å². The molecule has 31 heavy (non-hydrogen) atoms. The summed E-state index contributed by atoms with van der Waals surface area (Å²) in [5.74, 6) is -0.256. The zero-order valence-electron chi connectivity index (χ0n) is 15.7. The Hall–Kier alpha value is -4.81. The number of carbonyl (C=O) groups excluding carboxylic acids is 1. The number of aromatic amines is 1. The molecular weight excluding hydrogens is 408 g/mol. The number of anilines is 1. The third-order valence-corrected chi connectivity index (χ3v) is 4.37. The summed E-state index contributed by atoms with van der Waals surface area (Å²) in [6.07, 6.45) is 1.11. The molecule has 0 spiro atoms. The van der Waals surface area contributed by atoms with Gasteiger partial charge >= 0.3 is 5.82 Å². The molecule has 0 aliphatic heterocycles. The Labute approximate surface area is 172 Å². The van der Waals surface area contributed by atoms with Gasteiger partial charge in [0.1, 0.15) is 5.75 Å². The van der Waals surface area contributed by atoms with Crippen molar-refractivity contribution in [1.82, 2.24) is 20.7 Å². The van der Waals surface area contributed by atoms with Crippen LogP contribution in [0, 0.1) is 10.1 Å². The van der Waals surface area contributed by atoms with E-state index in [-0.39, 0.29) is 35.1 Å². The number of rotatable bonds is 6. The minimum atomic E-state index is -0.602. The summed E-state index contributed by atoms with van der Waals surface area (Å²) in [5, 5.41) is 31.8. The lowest BCUT2D eigenvalue weighted by molar-refractivity contribution is -0.647. The summed E-state index contributed by atoms with van der Waals surface area (Å²) in [4.78, 5) is 25.9. The number of amides is 1. The number of hydrogen-bond acceptors (Lipinski definition) is 9. The number of hydrogen-bond donors (Lipinski definition) is 4. The molecule has 13 heteroatoms. The lowest BCUT2D eigenvalue weighted by Crippen LogP contribution is -2.42. The molecule has 5 N–H and O–H groups in total. The van der Waals surface area contributed by atoms with Gasteiger partial charge < -0.3 is 10.8 Å². The molecule has 1 amide bonds. The molecule has 0 radical (unpaired) electrons. The molecule has 0 saturated heterocycles. The summed E-state index contributed by atoms with van der Waals surface area (Å²) in [7, 11) is 0. The highest BCUT2D eigenvalue weighted by Gasteiger charge is 2.27. The topological polar surface area (TPSA) is 189 Å². The van der Waals surface area contributed by atoms with Crippen molar-refractivity contribution in [3.05, 3.63) is 58.1 Å². The Bertz CT molecular complexity index is 1330. The van der Waals surface area contributed by atoms with Crippen LogP contribution in [0.5, 0.6) is 5.75 Å². The van der Waals surface area contributed by atoms with Crippen LogP contribution in [-0.4, -0.2) is 37.4 Å². The van der Waals surface area contributed by atoms with Crippen molar-refractivity contribution in [3.8, 4) is 17.3 Å². The van der Waals surface area contributed by atoms with Crippen LogP contribution in [0.1, 0.15) is 5.56 Å². The zero-order chi connectivity index (χ0) is 22.0. The lowest BCUT2D eigenvalue weighted by atomic mass is 10.2. The summed E-state index contributed by atoms with van der Waals surface area (Å²) < 4.78 is 6.28. The van der Waals surface area contributed by atoms with Crippen molar-refractivity contribution in [3.63, 3.8) is 0 Å². The molecule has 2 aromatic heterocycles. The molecule has 2 heterocycles. The van der Waals surface area contributed by atoms with Crippen molar-refractivity contribution in [2.45, 2.75) is 6.54 Å². The smallest absolute Gasteiger partial charge is 0.314 e. The number of fused-ring (bicyclic) bond motifs is 1.